The van der Waals surface area contributed by atoms with E-state index in [-0.39, 0.29) is 36.4 Å². The van der Waals surface area contributed by atoms with Crippen molar-refractivity contribution in [2.45, 2.75) is 95.0 Å². The lowest BCUT2D eigenvalue weighted by Crippen LogP contribution is -2.50. The van der Waals surface area contributed by atoms with E-state index in [1.54, 1.807) is 0 Å². The molecule has 2 aromatic rings. The summed E-state index contributed by atoms with van der Waals surface area (Å²) in [6, 6.07) is 4.92. The molecule has 4 saturated heterocycles. The van der Waals surface area contributed by atoms with Gasteiger partial charge in [-0.2, -0.15) is 14.9 Å². The van der Waals surface area contributed by atoms with Gasteiger partial charge in [-0.05, 0) is 63.3 Å². The van der Waals surface area contributed by atoms with Crippen LogP contribution < -0.4 is 16.0 Å². The molecular weight excluding hydrogens is 496 g/mol. The fourth-order valence-electron chi connectivity index (χ4n) is 6.70. The molecule has 2 aromatic heterocycles. The standard InChI is InChI=1S/C28H40N8O3/c1-17(2)24-16-32-36-26(12-25(34-27(24)36)31-14-18-6-8-38-23(9-18)13-29)33-19-10-20-3-4-21(11-19)35(20)28(37)39-22-5-7-30-15-22/h12,16-23,30,33H,3-11,14-15H2,1-2H3,(H,31,34)/t18-,20-,21-,22-,23-/m1/s1. The lowest BCUT2D eigenvalue weighted by atomic mass is 9.96. The molecule has 6 rings (SSSR count). The van der Waals surface area contributed by atoms with Gasteiger partial charge in [0.1, 0.15) is 23.8 Å². The smallest absolute Gasteiger partial charge is 0.410 e. The number of hydrogen-bond acceptors (Lipinski definition) is 9. The fraction of sp³-hybridized carbons (Fsp3) is 0.714. The molecule has 11 heteroatoms. The summed E-state index contributed by atoms with van der Waals surface area (Å²) in [4.78, 5) is 20.0. The van der Waals surface area contributed by atoms with Gasteiger partial charge >= 0.3 is 6.09 Å². The van der Waals surface area contributed by atoms with Gasteiger partial charge in [-0.3, -0.25) is 0 Å². The zero-order valence-corrected chi connectivity index (χ0v) is 22.9. The summed E-state index contributed by atoms with van der Waals surface area (Å²) in [5.74, 6) is 2.38. The highest BCUT2D eigenvalue weighted by atomic mass is 16.6. The van der Waals surface area contributed by atoms with Crippen LogP contribution in [0.5, 0.6) is 0 Å². The van der Waals surface area contributed by atoms with Crippen molar-refractivity contribution in [2.75, 3.05) is 36.9 Å². The Morgan fingerprint density at radius 2 is 2.08 bits per heavy atom. The molecular formula is C28H40N8O3. The van der Waals surface area contributed by atoms with Gasteiger partial charge in [0.25, 0.3) is 0 Å². The van der Waals surface area contributed by atoms with Crippen LogP contribution in [0.25, 0.3) is 5.65 Å². The van der Waals surface area contributed by atoms with E-state index in [0.29, 0.717) is 18.4 Å². The van der Waals surface area contributed by atoms with Gasteiger partial charge in [0.15, 0.2) is 5.65 Å². The third-order valence-electron chi connectivity index (χ3n) is 8.81. The van der Waals surface area contributed by atoms with Gasteiger partial charge in [-0.25, -0.2) is 9.78 Å². The minimum Gasteiger partial charge on any atom is -0.445 e. The van der Waals surface area contributed by atoms with E-state index in [9.17, 15) is 10.1 Å². The van der Waals surface area contributed by atoms with Crippen LogP contribution in [0.3, 0.4) is 0 Å². The molecule has 4 aliphatic heterocycles. The first-order chi connectivity index (χ1) is 19.0. The summed E-state index contributed by atoms with van der Waals surface area (Å²) in [5, 5.41) is 24.5. The van der Waals surface area contributed by atoms with Crippen molar-refractivity contribution in [2.24, 2.45) is 5.92 Å². The van der Waals surface area contributed by atoms with Crippen molar-refractivity contribution in [3.63, 3.8) is 0 Å². The highest BCUT2D eigenvalue weighted by Crippen LogP contribution is 2.38. The number of carbonyl (C=O) groups excluding carboxylic acids is 1. The van der Waals surface area contributed by atoms with Gasteiger partial charge in [0.2, 0.25) is 0 Å². The van der Waals surface area contributed by atoms with E-state index in [1.807, 2.05) is 21.7 Å². The minimum absolute atomic E-state index is 0.00864. The van der Waals surface area contributed by atoms with Crippen LogP contribution in [0.4, 0.5) is 16.4 Å². The van der Waals surface area contributed by atoms with Crippen LogP contribution in [0.1, 0.15) is 70.3 Å². The molecule has 3 N–H and O–H groups in total. The number of aromatic nitrogens is 3. The number of fused-ring (bicyclic) bond motifs is 3. The van der Waals surface area contributed by atoms with E-state index >= 15 is 0 Å². The van der Waals surface area contributed by atoms with E-state index < -0.39 is 0 Å². The summed E-state index contributed by atoms with van der Waals surface area (Å²) >= 11 is 0. The van der Waals surface area contributed by atoms with Crippen LogP contribution >= 0.6 is 0 Å². The van der Waals surface area contributed by atoms with Gasteiger partial charge in [-0.1, -0.05) is 13.8 Å². The van der Waals surface area contributed by atoms with Crippen LogP contribution in [-0.2, 0) is 9.47 Å². The average Bonchev–Trinajstić information content (AvgIpc) is 3.66. The fourth-order valence-corrected chi connectivity index (χ4v) is 6.70. The molecule has 0 radical (unpaired) electrons. The number of nitriles is 1. The number of anilines is 2. The SMILES string of the molecule is CC(C)c1cnn2c(NC3C[C@H]4CC[C@H](C3)N4C(=O)O[C@@H]3CCNC3)cc(NC[C@@H]3CCO[C@@H](C#N)C3)nc12. The molecule has 1 amide bonds. The third kappa shape index (κ3) is 5.50. The van der Waals surface area contributed by atoms with Crippen molar-refractivity contribution in [3.8, 4) is 6.07 Å². The van der Waals surface area contributed by atoms with E-state index in [2.05, 4.69) is 35.9 Å². The normalized spacial score (nSPS) is 30.5. The number of carbonyl (C=O) groups is 1. The predicted octanol–water partition coefficient (Wildman–Crippen LogP) is 3.49. The number of rotatable bonds is 7. The van der Waals surface area contributed by atoms with E-state index in [1.165, 1.54) is 0 Å². The summed E-state index contributed by atoms with van der Waals surface area (Å²) in [6.07, 6.45) is 7.81. The molecule has 4 fully saturated rings. The van der Waals surface area contributed by atoms with Gasteiger partial charge in [0, 0.05) is 49.5 Å². The lowest BCUT2D eigenvalue weighted by Gasteiger charge is -2.39. The molecule has 11 nitrogen and oxygen atoms in total. The highest BCUT2D eigenvalue weighted by molar-refractivity contribution is 5.69. The second kappa shape index (κ2) is 11.2. The summed E-state index contributed by atoms with van der Waals surface area (Å²) < 4.78 is 13.3. The number of amides is 1. The quantitative estimate of drug-likeness (QED) is 0.487. The number of piperidine rings is 1. The molecule has 210 valence electrons. The van der Waals surface area contributed by atoms with Gasteiger partial charge in [0.05, 0.1) is 12.3 Å². The molecule has 4 aliphatic rings. The van der Waals surface area contributed by atoms with Crippen LogP contribution in [-0.4, -0.2) is 82.2 Å². The molecule has 0 saturated carbocycles. The second-order valence-electron chi connectivity index (χ2n) is 11.9. The Balaban J connectivity index is 1.17. The second-order valence-corrected chi connectivity index (χ2v) is 11.9. The number of nitrogens with zero attached hydrogens (tertiary/aromatic N) is 5. The Bertz CT molecular complexity index is 1210. The van der Waals surface area contributed by atoms with E-state index in [4.69, 9.17) is 19.6 Å². The molecule has 0 spiro atoms. The van der Waals surface area contributed by atoms with Crippen molar-refractivity contribution >= 4 is 23.4 Å². The molecule has 6 heterocycles. The highest BCUT2D eigenvalue weighted by Gasteiger charge is 2.45. The molecule has 0 aliphatic carbocycles. The first-order valence-electron chi connectivity index (χ1n) is 14.6. The Morgan fingerprint density at radius 3 is 2.79 bits per heavy atom. The molecule has 2 bridgehead atoms. The average molecular weight is 537 g/mol. The van der Waals surface area contributed by atoms with Gasteiger partial charge in [-0.15, -0.1) is 0 Å². The molecule has 39 heavy (non-hydrogen) atoms. The summed E-state index contributed by atoms with van der Waals surface area (Å²) in [7, 11) is 0. The predicted molar refractivity (Wildman–Crippen MR) is 147 cm³/mol. The first-order valence-corrected chi connectivity index (χ1v) is 14.6. The van der Waals surface area contributed by atoms with Gasteiger partial charge < -0.3 is 30.3 Å². The topological polar surface area (TPSA) is 129 Å². The lowest BCUT2D eigenvalue weighted by molar-refractivity contribution is 0.0269. The third-order valence-corrected chi connectivity index (χ3v) is 8.81. The number of ether oxygens (including phenoxy) is 2. The molecule has 0 aromatic carbocycles. The maximum absolute atomic E-state index is 13.0. The monoisotopic (exact) mass is 536 g/mol. The zero-order valence-electron chi connectivity index (χ0n) is 22.9. The van der Waals surface area contributed by atoms with Crippen molar-refractivity contribution in [3.05, 3.63) is 17.8 Å². The number of hydrogen-bond donors (Lipinski definition) is 3. The summed E-state index contributed by atoms with van der Waals surface area (Å²) in [5.41, 5.74) is 1.96. The number of nitrogens with one attached hydrogen (secondary N) is 3. The Labute approximate surface area is 229 Å². The Morgan fingerprint density at radius 1 is 1.26 bits per heavy atom. The largest absolute Gasteiger partial charge is 0.445 e. The Hall–Kier alpha value is -3.10. The maximum atomic E-state index is 13.0. The zero-order chi connectivity index (χ0) is 26.9. The van der Waals surface area contributed by atoms with Crippen LogP contribution in [0, 0.1) is 17.2 Å². The van der Waals surface area contributed by atoms with Crippen LogP contribution in [0.15, 0.2) is 12.3 Å². The van der Waals surface area contributed by atoms with Crippen molar-refractivity contribution in [1.82, 2.24) is 24.8 Å². The summed E-state index contributed by atoms with van der Waals surface area (Å²) in [6.45, 7) is 7.35. The van der Waals surface area contributed by atoms with Crippen LogP contribution in [0.2, 0.25) is 0 Å². The Kier molecular flexibility index (Phi) is 7.49. The van der Waals surface area contributed by atoms with E-state index in [0.717, 1.165) is 87.4 Å². The maximum Gasteiger partial charge on any atom is 0.410 e. The first kappa shape index (κ1) is 26.1. The van der Waals surface area contributed by atoms with Crippen molar-refractivity contribution < 1.29 is 14.3 Å². The molecule has 0 unspecified atom stereocenters. The minimum atomic E-state index is -0.325. The molecule has 5 atom stereocenters. The van der Waals surface area contributed by atoms with Crippen molar-refractivity contribution in [1.29, 1.82) is 5.26 Å².